The van der Waals surface area contributed by atoms with Gasteiger partial charge in [0.15, 0.2) is 0 Å². The quantitative estimate of drug-likeness (QED) is 0.176. The molecular weight excluding hydrogens is 516 g/mol. The van der Waals surface area contributed by atoms with Gasteiger partial charge in [-0.2, -0.15) is 0 Å². The third-order valence-corrected chi connectivity index (χ3v) is 7.62. The predicted molar refractivity (Wildman–Crippen MR) is 146 cm³/mol. The Morgan fingerprint density at radius 1 is 0.806 bits per heavy atom. The second kappa shape index (κ2) is 12.0. The van der Waals surface area contributed by atoms with Gasteiger partial charge in [-0.25, -0.2) is 8.42 Å². The van der Waals surface area contributed by atoms with Crippen molar-refractivity contribution in [2.75, 3.05) is 22.4 Å². The molecule has 0 spiro atoms. The van der Waals surface area contributed by atoms with E-state index < -0.39 is 10.0 Å². The van der Waals surface area contributed by atoms with Crippen LogP contribution >= 0.6 is 23.4 Å². The van der Waals surface area contributed by atoms with Crippen LogP contribution in [0, 0.1) is 0 Å². The van der Waals surface area contributed by atoms with Crippen molar-refractivity contribution in [3.8, 4) is 5.75 Å². The molecule has 0 radical (unpaired) electrons. The molecule has 0 aliphatic carbocycles. The van der Waals surface area contributed by atoms with Crippen molar-refractivity contribution < 1.29 is 17.9 Å². The molecule has 0 saturated heterocycles. The second-order valence-corrected chi connectivity index (χ2v) is 10.9. The minimum atomic E-state index is -3.78. The Kier molecular flexibility index (Phi) is 8.53. The molecule has 4 aromatic rings. The maximum absolute atomic E-state index is 12.6. The number of carbonyl (C=O) groups is 1. The number of ether oxygens (including phenoxy) is 1. The van der Waals surface area contributed by atoms with E-state index in [4.69, 9.17) is 16.3 Å². The summed E-state index contributed by atoms with van der Waals surface area (Å²) in [7, 11) is -3.78. The molecule has 36 heavy (non-hydrogen) atoms. The summed E-state index contributed by atoms with van der Waals surface area (Å²) in [5.74, 6) is 1.19. The number of nitrogens with one attached hydrogen (secondary N) is 2. The van der Waals surface area contributed by atoms with Crippen LogP contribution in [0.5, 0.6) is 5.75 Å². The van der Waals surface area contributed by atoms with Gasteiger partial charge in [0.1, 0.15) is 5.75 Å². The molecule has 4 rings (SSSR count). The Balaban J connectivity index is 1.28. The molecule has 2 N–H and O–H groups in total. The van der Waals surface area contributed by atoms with E-state index in [1.54, 1.807) is 60.3 Å². The molecule has 184 valence electrons. The van der Waals surface area contributed by atoms with Gasteiger partial charge >= 0.3 is 0 Å². The van der Waals surface area contributed by atoms with Crippen LogP contribution in [0.2, 0.25) is 5.02 Å². The van der Waals surface area contributed by atoms with E-state index in [1.165, 1.54) is 29.2 Å². The average Bonchev–Trinajstić information content (AvgIpc) is 2.89. The molecule has 0 aliphatic heterocycles. The number of anilines is 2. The van der Waals surface area contributed by atoms with E-state index >= 15 is 0 Å². The molecule has 1 amide bonds. The molecule has 0 bridgehead atoms. The summed E-state index contributed by atoms with van der Waals surface area (Å²) in [5, 5.41) is 3.28. The summed E-state index contributed by atoms with van der Waals surface area (Å²) in [6, 6.07) is 29.3. The Hall–Kier alpha value is -3.46. The van der Waals surface area contributed by atoms with Crippen molar-refractivity contribution in [3.63, 3.8) is 0 Å². The van der Waals surface area contributed by atoms with Crippen LogP contribution in [0.1, 0.15) is 10.4 Å². The van der Waals surface area contributed by atoms with Gasteiger partial charge < -0.3 is 10.1 Å². The number of sulfonamides is 1. The first kappa shape index (κ1) is 25.6. The van der Waals surface area contributed by atoms with Crippen LogP contribution in [0.3, 0.4) is 0 Å². The van der Waals surface area contributed by atoms with Gasteiger partial charge in [0.2, 0.25) is 0 Å². The van der Waals surface area contributed by atoms with Crippen LogP contribution in [0.15, 0.2) is 113 Å². The number of hydrogen-bond donors (Lipinski definition) is 2. The van der Waals surface area contributed by atoms with E-state index in [2.05, 4.69) is 22.2 Å². The van der Waals surface area contributed by atoms with Gasteiger partial charge in [0.25, 0.3) is 15.9 Å². The zero-order chi connectivity index (χ0) is 25.4. The highest BCUT2D eigenvalue weighted by Crippen LogP contribution is 2.21. The number of hydrogen-bond acceptors (Lipinski definition) is 5. The lowest BCUT2D eigenvalue weighted by molar-refractivity contribution is 0.102. The monoisotopic (exact) mass is 538 g/mol. The molecule has 0 unspecified atom stereocenters. The summed E-state index contributed by atoms with van der Waals surface area (Å²) in [5.41, 5.74) is 1.34. The van der Waals surface area contributed by atoms with Crippen molar-refractivity contribution in [2.24, 2.45) is 0 Å². The number of rotatable bonds is 10. The molecule has 0 heterocycles. The third-order valence-electron chi connectivity index (χ3n) is 5.00. The fraction of sp³-hybridized carbons (Fsp3) is 0.0741. The van der Waals surface area contributed by atoms with E-state index in [1.807, 2.05) is 18.2 Å². The van der Waals surface area contributed by atoms with Gasteiger partial charge in [-0.05, 0) is 84.9 Å². The van der Waals surface area contributed by atoms with Crippen LogP contribution < -0.4 is 14.8 Å². The standard InChI is InChI=1S/C27H23ClN2O4S2/c28-21-8-10-23(11-9-21)30-36(32,33)26-16-12-22(13-17-26)29-27(31)20-6-14-24(15-7-20)34-18-19-35-25-4-2-1-3-5-25/h1-17,30H,18-19H2,(H,29,31). The molecule has 9 heteroatoms. The van der Waals surface area contributed by atoms with Crippen LogP contribution in [-0.2, 0) is 10.0 Å². The van der Waals surface area contributed by atoms with Gasteiger partial charge in [0, 0.05) is 32.6 Å². The maximum Gasteiger partial charge on any atom is 0.261 e. The van der Waals surface area contributed by atoms with Crippen LogP contribution in [-0.4, -0.2) is 26.7 Å². The highest BCUT2D eigenvalue weighted by molar-refractivity contribution is 7.99. The zero-order valence-electron chi connectivity index (χ0n) is 19.1. The molecule has 0 saturated carbocycles. The number of benzene rings is 4. The fourth-order valence-corrected chi connectivity index (χ4v) is 5.13. The molecule has 0 aromatic heterocycles. The Labute approximate surface area is 219 Å². The highest BCUT2D eigenvalue weighted by atomic mass is 35.5. The summed E-state index contributed by atoms with van der Waals surface area (Å²) in [6.07, 6.45) is 0. The molecule has 0 aliphatic rings. The summed E-state index contributed by atoms with van der Waals surface area (Å²) in [6.45, 7) is 0.549. The summed E-state index contributed by atoms with van der Waals surface area (Å²) < 4.78 is 33.4. The van der Waals surface area contributed by atoms with Crippen molar-refractivity contribution in [2.45, 2.75) is 9.79 Å². The minimum absolute atomic E-state index is 0.0716. The fourth-order valence-electron chi connectivity index (χ4n) is 3.19. The van der Waals surface area contributed by atoms with Gasteiger partial charge in [-0.1, -0.05) is 29.8 Å². The Morgan fingerprint density at radius 2 is 1.44 bits per heavy atom. The molecule has 6 nitrogen and oxygen atoms in total. The number of thioether (sulfide) groups is 1. The van der Waals surface area contributed by atoms with E-state index in [-0.39, 0.29) is 10.8 Å². The zero-order valence-corrected chi connectivity index (χ0v) is 21.4. The lowest BCUT2D eigenvalue weighted by Gasteiger charge is -2.10. The first-order chi connectivity index (χ1) is 17.4. The number of carbonyl (C=O) groups excluding carboxylic acids is 1. The normalized spacial score (nSPS) is 11.0. The molecule has 0 atom stereocenters. The first-order valence-electron chi connectivity index (χ1n) is 11.0. The largest absolute Gasteiger partial charge is 0.493 e. The number of halogens is 1. The number of amides is 1. The van der Waals surface area contributed by atoms with E-state index in [0.29, 0.717) is 34.3 Å². The maximum atomic E-state index is 12.6. The first-order valence-corrected chi connectivity index (χ1v) is 13.8. The lowest BCUT2D eigenvalue weighted by Crippen LogP contribution is -2.14. The van der Waals surface area contributed by atoms with Gasteiger partial charge in [0.05, 0.1) is 11.5 Å². The average molecular weight is 539 g/mol. The van der Waals surface area contributed by atoms with Gasteiger partial charge in [-0.15, -0.1) is 11.8 Å². The third kappa shape index (κ3) is 7.27. The molecule has 0 fully saturated rings. The molecular formula is C27H23ClN2O4S2. The Morgan fingerprint density at radius 3 is 2.11 bits per heavy atom. The lowest BCUT2D eigenvalue weighted by atomic mass is 10.2. The van der Waals surface area contributed by atoms with Crippen molar-refractivity contribution in [1.29, 1.82) is 0 Å². The van der Waals surface area contributed by atoms with Crippen molar-refractivity contribution in [1.82, 2.24) is 0 Å². The SMILES string of the molecule is O=C(Nc1ccc(S(=O)(=O)Nc2ccc(Cl)cc2)cc1)c1ccc(OCCSc2ccccc2)cc1. The summed E-state index contributed by atoms with van der Waals surface area (Å²) >= 11 is 7.55. The topological polar surface area (TPSA) is 84.5 Å². The molecule has 4 aromatic carbocycles. The summed E-state index contributed by atoms with van der Waals surface area (Å²) in [4.78, 5) is 13.9. The van der Waals surface area contributed by atoms with E-state index in [0.717, 1.165) is 5.75 Å². The predicted octanol–water partition coefficient (Wildman–Crippen LogP) is 6.56. The second-order valence-electron chi connectivity index (χ2n) is 7.63. The van der Waals surface area contributed by atoms with Crippen molar-refractivity contribution in [3.05, 3.63) is 114 Å². The minimum Gasteiger partial charge on any atom is -0.493 e. The Bertz CT molecular complexity index is 1400. The smallest absolute Gasteiger partial charge is 0.261 e. The van der Waals surface area contributed by atoms with Crippen LogP contribution in [0.4, 0.5) is 11.4 Å². The van der Waals surface area contributed by atoms with Crippen LogP contribution in [0.25, 0.3) is 0 Å². The van der Waals surface area contributed by atoms with Crippen molar-refractivity contribution >= 4 is 50.7 Å². The van der Waals surface area contributed by atoms with E-state index in [9.17, 15) is 13.2 Å². The van der Waals surface area contributed by atoms with Gasteiger partial charge in [-0.3, -0.25) is 9.52 Å². The highest BCUT2D eigenvalue weighted by Gasteiger charge is 2.15.